The van der Waals surface area contributed by atoms with Crippen LogP contribution in [0.4, 0.5) is 4.39 Å². The molecule has 1 aromatic rings. The molecular formula is C13H12FNO3. The van der Waals surface area contributed by atoms with E-state index in [1.165, 1.54) is 29.2 Å². The maximum atomic E-state index is 12.8. The SMILES string of the molecule is O=C(O)[C@H]1[C@H]2C[C@H]2CN1C(=O)c1ccc(F)cc1. The summed E-state index contributed by atoms with van der Waals surface area (Å²) in [6, 6.07) is 4.48. The average Bonchev–Trinajstić information content (AvgIpc) is 2.99. The number of piperidine rings is 1. The van der Waals surface area contributed by atoms with Crippen LogP contribution in [0.2, 0.25) is 0 Å². The van der Waals surface area contributed by atoms with Crippen molar-refractivity contribution in [3.8, 4) is 0 Å². The van der Waals surface area contributed by atoms with Gasteiger partial charge < -0.3 is 10.0 Å². The molecule has 1 aliphatic carbocycles. The van der Waals surface area contributed by atoms with E-state index in [4.69, 9.17) is 5.11 Å². The number of carboxylic acids is 1. The van der Waals surface area contributed by atoms with E-state index in [-0.39, 0.29) is 11.8 Å². The Balaban J connectivity index is 1.84. The zero-order valence-electron chi connectivity index (χ0n) is 9.54. The second kappa shape index (κ2) is 3.80. The van der Waals surface area contributed by atoms with Crippen molar-refractivity contribution in [3.05, 3.63) is 35.6 Å². The van der Waals surface area contributed by atoms with Gasteiger partial charge in [-0.2, -0.15) is 0 Å². The molecule has 0 bridgehead atoms. The van der Waals surface area contributed by atoms with Gasteiger partial charge >= 0.3 is 5.97 Å². The molecule has 5 heteroatoms. The van der Waals surface area contributed by atoms with E-state index in [1.54, 1.807) is 0 Å². The van der Waals surface area contributed by atoms with Crippen LogP contribution in [0.1, 0.15) is 16.8 Å². The lowest BCUT2D eigenvalue weighted by atomic mass is 10.1. The Labute approximate surface area is 103 Å². The quantitative estimate of drug-likeness (QED) is 0.861. The molecule has 18 heavy (non-hydrogen) atoms. The number of fused-ring (bicyclic) bond motifs is 1. The summed E-state index contributed by atoms with van der Waals surface area (Å²) >= 11 is 0. The van der Waals surface area contributed by atoms with Gasteiger partial charge in [-0.3, -0.25) is 4.79 Å². The summed E-state index contributed by atoms with van der Waals surface area (Å²) in [5.74, 6) is -1.25. The minimum Gasteiger partial charge on any atom is -0.480 e. The van der Waals surface area contributed by atoms with Gasteiger partial charge in [0.25, 0.3) is 5.91 Å². The average molecular weight is 249 g/mol. The number of benzene rings is 1. The monoisotopic (exact) mass is 249 g/mol. The number of nitrogens with zero attached hydrogens (tertiary/aromatic N) is 1. The van der Waals surface area contributed by atoms with Gasteiger partial charge in [-0.05, 0) is 42.5 Å². The first-order chi connectivity index (χ1) is 8.58. The summed E-state index contributed by atoms with van der Waals surface area (Å²) in [5, 5.41) is 9.17. The minimum atomic E-state index is -0.949. The molecule has 2 aliphatic rings. The molecule has 1 saturated heterocycles. The van der Waals surface area contributed by atoms with Gasteiger partial charge in [0.2, 0.25) is 0 Å². The van der Waals surface area contributed by atoms with E-state index in [9.17, 15) is 14.0 Å². The van der Waals surface area contributed by atoms with Crippen LogP contribution in [-0.2, 0) is 4.79 Å². The Bertz CT molecular complexity index is 513. The Morgan fingerprint density at radius 3 is 2.56 bits per heavy atom. The summed E-state index contributed by atoms with van der Waals surface area (Å²) in [6.07, 6.45) is 0.893. The van der Waals surface area contributed by atoms with E-state index >= 15 is 0 Å². The van der Waals surface area contributed by atoms with E-state index < -0.39 is 17.8 Å². The zero-order valence-corrected chi connectivity index (χ0v) is 9.54. The van der Waals surface area contributed by atoms with E-state index in [2.05, 4.69) is 0 Å². The Hall–Kier alpha value is -1.91. The first-order valence-corrected chi connectivity index (χ1v) is 5.87. The lowest BCUT2D eigenvalue weighted by molar-refractivity contribution is -0.142. The van der Waals surface area contributed by atoms with Crippen molar-refractivity contribution in [2.24, 2.45) is 11.8 Å². The minimum absolute atomic E-state index is 0.104. The number of aliphatic carboxylic acids is 1. The van der Waals surface area contributed by atoms with Gasteiger partial charge in [-0.1, -0.05) is 0 Å². The predicted octanol–water partition coefficient (Wildman–Crippen LogP) is 1.37. The standard InChI is InChI=1S/C13H12FNO3/c14-9-3-1-7(2-4-9)12(16)15-6-8-5-10(8)11(15)13(17)18/h1-4,8,10-11H,5-6H2,(H,17,18)/t8-,10-,11+/m0/s1. The molecule has 1 N–H and O–H groups in total. The van der Waals surface area contributed by atoms with Gasteiger partial charge in [-0.15, -0.1) is 0 Å². The maximum absolute atomic E-state index is 12.8. The predicted molar refractivity (Wildman–Crippen MR) is 60.5 cm³/mol. The second-order valence-electron chi connectivity index (χ2n) is 4.91. The summed E-state index contributed by atoms with van der Waals surface area (Å²) in [6.45, 7) is 0.498. The normalized spacial score (nSPS) is 28.9. The fraction of sp³-hybridized carbons (Fsp3) is 0.385. The molecule has 1 saturated carbocycles. The molecule has 3 rings (SSSR count). The van der Waals surface area contributed by atoms with Crippen molar-refractivity contribution >= 4 is 11.9 Å². The lowest BCUT2D eigenvalue weighted by Gasteiger charge is -2.24. The fourth-order valence-electron chi connectivity index (χ4n) is 2.75. The first-order valence-electron chi connectivity index (χ1n) is 5.87. The van der Waals surface area contributed by atoms with Gasteiger partial charge in [-0.25, -0.2) is 9.18 Å². The van der Waals surface area contributed by atoms with Crippen LogP contribution in [0.25, 0.3) is 0 Å². The van der Waals surface area contributed by atoms with Crippen molar-refractivity contribution in [1.29, 1.82) is 0 Å². The molecule has 3 atom stereocenters. The van der Waals surface area contributed by atoms with Crippen LogP contribution in [0.3, 0.4) is 0 Å². The Kier molecular flexibility index (Phi) is 2.36. The van der Waals surface area contributed by atoms with Crippen LogP contribution < -0.4 is 0 Å². The van der Waals surface area contributed by atoms with E-state index in [0.29, 0.717) is 18.0 Å². The Morgan fingerprint density at radius 1 is 1.28 bits per heavy atom. The highest BCUT2D eigenvalue weighted by atomic mass is 19.1. The number of hydrogen-bond acceptors (Lipinski definition) is 2. The van der Waals surface area contributed by atoms with E-state index in [1.807, 2.05) is 0 Å². The highest BCUT2D eigenvalue weighted by Crippen LogP contribution is 2.49. The number of likely N-dealkylation sites (tertiary alicyclic amines) is 1. The number of carbonyl (C=O) groups excluding carboxylic acids is 1. The second-order valence-corrected chi connectivity index (χ2v) is 4.91. The van der Waals surface area contributed by atoms with Crippen LogP contribution in [0.15, 0.2) is 24.3 Å². The summed E-state index contributed by atoms with van der Waals surface area (Å²) in [4.78, 5) is 24.8. The number of hydrogen-bond donors (Lipinski definition) is 1. The van der Waals surface area contributed by atoms with Crippen LogP contribution in [0, 0.1) is 17.7 Å². The third kappa shape index (κ3) is 1.66. The molecule has 0 spiro atoms. The lowest BCUT2D eigenvalue weighted by Crippen LogP contribution is -2.43. The van der Waals surface area contributed by atoms with Gasteiger partial charge in [0.05, 0.1) is 0 Å². The molecule has 4 nitrogen and oxygen atoms in total. The molecule has 0 radical (unpaired) electrons. The van der Waals surface area contributed by atoms with Crippen LogP contribution in [-0.4, -0.2) is 34.5 Å². The largest absolute Gasteiger partial charge is 0.480 e. The Morgan fingerprint density at radius 2 is 1.94 bits per heavy atom. The van der Waals surface area contributed by atoms with Crippen molar-refractivity contribution in [2.45, 2.75) is 12.5 Å². The molecule has 0 unspecified atom stereocenters. The third-order valence-corrected chi connectivity index (χ3v) is 3.75. The third-order valence-electron chi connectivity index (χ3n) is 3.75. The highest BCUT2D eigenvalue weighted by molar-refractivity contribution is 5.97. The van der Waals surface area contributed by atoms with Crippen molar-refractivity contribution in [1.82, 2.24) is 4.90 Å². The number of rotatable bonds is 2. The van der Waals surface area contributed by atoms with Crippen molar-refractivity contribution in [2.75, 3.05) is 6.54 Å². The number of carboxylic acid groups (broad SMARTS) is 1. The topological polar surface area (TPSA) is 57.6 Å². The van der Waals surface area contributed by atoms with Crippen molar-refractivity contribution < 1.29 is 19.1 Å². The summed E-state index contributed by atoms with van der Waals surface area (Å²) in [7, 11) is 0. The molecule has 0 aromatic heterocycles. The van der Waals surface area contributed by atoms with Gasteiger partial charge in [0, 0.05) is 12.1 Å². The molecule has 1 heterocycles. The summed E-state index contributed by atoms with van der Waals surface area (Å²) < 4.78 is 12.8. The first kappa shape index (κ1) is 11.2. The molecule has 1 aromatic carbocycles. The van der Waals surface area contributed by atoms with E-state index in [0.717, 1.165) is 6.42 Å². The van der Waals surface area contributed by atoms with Gasteiger partial charge in [0.1, 0.15) is 11.9 Å². The highest BCUT2D eigenvalue weighted by Gasteiger charge is 2.57. The smallest absolute Gasteiger partial charge is 0.326 e. The number of carbonyl (C=O) groups is 2. The molecule has 2 fully saturated rings. The molecular weight excluding hydrogens is 237 g/mol. The summed E-state index contributed by atoms with van der Waals surface area (Å²) in [5.41, 5.74) is 0.337. The van der Waals surface area contributed by atoms with Gasteiger partial charge in [0.15, 0.2) is 0 Å². The zero-order chi connectivity index (χ0) is 12.9. The van der Waals surface area contributed by atoms with Crippen LogP contribution in [0.5, 0.6) is 0 Å². The number of amides is 1. The van der Waals surface area contributed by atoms with Crippen LogP contribution >= 0.6 is 0 Å². The maximum Gasteiger partial charge on any atom is 0.326 e. The molecule has 94 valence electrons. The molecule has 1 aliphatic heterocycles. The van der Waals surface area contributed by atoms with Crippen molar-refractivity contribution in [3.63, 3.8) is 0 Å². The fourth-order valence-corrected chi connectivity index (χ4v) is 2.75. The molecule has 1 amide bonds. The number of halogens is 1.